The van der Waals surface area contributed by atoms with Crippen LogP contribution < -0.4 is 15.8 Å². The van der Waals surface area contributed by atoms with Crippen molar-refractivity contribution < 1.29 is 9.53 Å². The fraction of sp³-hybridized carbons (Fsp3) is 0.600. The van der Waals surface area contributed by atoms with Crippen LogP contribution in [0, 0.1) is 11.3 Å². The maximum atomic E-state index is 12.3. The summed E-state index contributed by atoms with van der Waals surface area (Å²) in [6, 6.07) is 3.54. The molecule has 0 saturated heterocycles. The predicted octanol–water partition coefficient (Wildman–Crippen LogP) is 2.43. The number of nitrogens with two attached hydrogens (primary N) is 1. The van der Waals surface area contributed by atoms with Gasteiger partial charge in [0.2, 0.25) is 11.8 Å². The molecule has 3 N–H and O–H groups in total. The summed E-state index contributed by atoms with van der Waals surface area (Å²) in [4.78, 5) is 16.4. The van der Waals surface area contributed by atoms with E-state index in [1.54, 1.807) is 18.3 Å². The van der Waals surface area contributed by atoms with Gasteiger partial charge in [-0.2, -0.15) is 0 Å². The van der Waals surface area contributed by atoms with E-state index in [0.29, 0.717) is 24.7 Å². The zero-order valence-electron chi connectivity index (χ0n) is 12.8. The Bertz CT molecular complexity index is 441. The van der Waals surface area contributed by atoms with E-state index in [4.69, 9.17) is 10.5 Å². The highest BCUT2D eigenvalue weighted by Gasteiger charge is 2.24. The molecule has 0 aliphatic heterocycles. The van der Waals surface area contributed by atoms with E-state index in [2.05, 4.69) is 31.1 Å². The van der Waals surface area contributed by atoms with Crippen LogP contribution in [0.5, 0.6) is 5.88 Å². The third kappa shape index (κ3) is 5.17. The molecule has 1 heterocycles. The van der Waals surface area contributed by atoms with Crippen molar-refractivity contribution in [3.05, 3.63) is 18.3 Å². The molecule has 0 aromatic carbocycles. The Balaban J connectivity index is 2.78. The number of rotatable bonds is 6. The molecular weight excluding hydrogens is 254 g/mol. The van der Waals surface area contributed by atoms with Gasteiger partial charge in [-0.25, -0.2) is 4.98 Å². The molecule has 1 atom stereocenters. The molecule has 1 aromatic rings. The van der Waals surface area contributed by atoms with E-state index in [1.165, 1.54) is 0 Å². The van der Waals surface area contributed by atoms with Crippen molar-refractivity contribution >= 4 is 11.6 Å². The van der Waals surface area contributed by atoms with Crippen molar-refractivity contribution in [3.63, 3.8) is 0 Å². The van der Waals surface area contributed by atoms with Gasteiger partial charge in [-0.05, 0) is 30.9 Å². The minimum atomic E-state index is -0.218. The third-order valence-corrected chi connectivity index (χ3v) is 2.82. The Labute approximate surface area is 120 Å². The first-order chi connectivity index (χ1) is 9.37. The summed E-state index contributed by atoms with van der Waals surface area (Å²) in [5.74, 6) is 0.135. The van der Waals surface area contributed by atoms with Gasteiger partial charge in [0.1, 0.15) is 5.69 Å². The van der Waals surface area contributed by atoms with Crippen LogP contribution in [0.1, 0.15) is 34.1 Å². The van der Waals surface area contributed by atoms with Crippen LogP contribution in [0.2, 0.25) is 0 Å². The molecule has 5 heteroatoms. The molecule has 1 aromatic heterocycles. The average molecular weight is 279 g/mol. The SMILES string of the molecule is CCOc1ncccc1NC(=O)C(CN)CC(C)(C)C. The molecule has 0 bridgehead atoms. The monoisotopic (exact) mass is 279 g/mol. The lowest BCUT2D eigenvalue weighted by Crippen LogP contribution is -2.32. The first-order valence-corrected chi connectivity index (χ1v) is 6.96. The van der Waals surface area contributed by atoms with Gasteiger partial charge < -0.3 is 15.8 Å². The highest BCUT2D eigenvalue weighted by atomic mass is 16.5. The molecule has 0 fully saturated rings. The van der Waals surface area contributed by atoms with Crippen LogP contribution in [0.15, 0.2) is 18.3 Å². The van der Waals surface area contributed by atoms with Crippen molar-refractivity contribution in [3.8, 4) is 5.88 Å². The maximum absolute atomic E-state index is 12.3. The lowest BCUT2D eigenvalue weighted by molar-refractivity contribution is -0.120. The number of ether oxygens (including phenoxy) is 1. The van der Waals surface area contributed by atoms with Gasteiger partial charge >= 0.3 is 0 Å². The molecule has 0 aliphatic rings. The molecule has 112 valence electrons. The number of anilines is 1. The van der Waals surface area contributed by atoms with E-state index in [-0.39, 0.29) is 17.2 Å². The minimum absolute atomic E-state index is 0.0546. The second kappa shape index (κ2) is 7.24. The Hall–Kier alpha value is -1.62. The highest BCUT2D eigenvalue weighted by molar-refractivity contribution is 5.93. The molecule has 20 heavy (non-hydrogen) atoms. The van der Waals surface area contributed by atoms with E-state index >= 15 is 0 Å². The molecule has 0 saturated carbocycles. The second-order valence-corrected chi connectivity index (χ2v) is 5.98. The van der Waals surface area contributed by atoms with Gasteiger partial charge in [0.05, 0.1) is 12.5 Å². The molecule has 1 amide bonds. The lowest BCUT2D eigenvalue weighted by atomic mass is 9.84. The third-order valence-electron chi connectivity index (χ3n) is 2.82. The Kier molecular flexibility index (Phi) is 5.95. The standard InChI is InChI=1S/C15H25N3O2/c1-5-20-14-12(7-6-8-17-14)18-13(19)11(10-16)9-15(2,3)4/h6-8,11H,5,9-10,16H2,1-4H3,(H,18,19). The summed E-state index contributed by atoms with van der Waals surface area (Å²) in [5.41, 5.74) is 6.37. The molecular formula is C15H25N3O2. The van der Waals surface area contributed by atoms with Crippen molar-refractivity contribution in [2.45, 2.75) is 34.1 Å². The number of pyridine rings is 1. The summed E-state index contributed by atoms with van der Waals surface area (Å²) in [7, 11) is 0. The predicted molar refractivity (Wildman–Crippen MR) is 80.7 cm³/mol. The Morgan fingerprint density at radius 2 is 2.20 bits per heavy atom. The summed E-state index contributed by atoms with van der Waals surface area (Å²) < 4.78 is 5.40. The van der Waals surface area contributed by atoms with Crippen LogP contribution in [0.25, 0.3) is 0 Å². The number of carbonyl (C=O) groups is 1. The normalized spacial score (nSPS) is 12.8. The maximum Gasteiger partial charge on any atom is 0.237 e. The summed E-state index contributed by atoms with van der Waals surface area (Å²) in [5, 5.41) is 2.86. The van der Waals surface area contributed by atoms with Crippen molar-refractivity contribution in [1.82, 2.24) is 4.98 Å². The van der Waals surface area contributed by atoms with Crippen LogP contribution in [0.3, 0.4) is 0 Å². The van der Waals surface area contributed by atoms with E-state index in [0.717, 1.165) is 6.42 Å². The first-order valence-electron chi connectivity index (χ1n) is 6.96. The molecule has 0 spiro atoms. The zero-order valence-corrected chi connectivity index (χ0v) is 12.8. The number of carbonyl (C=O) groups excluding carboxylic acids is 1. The Morgan fingerprint density at radius 3 is 2.75 bits per heavy atom. The summed E-state index contributed by atoms with van der Waals surface area (Å²) >= 11 is 0. The van der Waals surface area contributed by atoms with Crippen LogP contribution in [-0.4, -0.2) is 24.0 Å². The number of aromatic nitrogens is 1. The van der Waals surface area contributed by atoms with Crippen LogP contribution >= 0.6 is 0 Å². The zero-order chi connectivity index (χ0) is 15.2. The van der Waals surface area contributed by atoms with Crippen LogP contribution in [-0.2, 0) is 4.79 Å². The van der Waals surface area contributed by atoms with Crippen LogP contribution in [0.4, 0.5) is 5.69 Å². The highest BCUT2D eigenvalue weighted by Crippen LogP contribution is 2.26. The van der Waals surface area contributed by atoms with Gasteiger partial charge in [-0.1, -0.05) is 20.8 Å². The summed E-state index contributed by atoms with van der Waals surface area (Å²) in [6.45, 7) is 8.99. The summed E-state index contributed by atoms with van der Waals surface area (Å²) in [6.07, 6.45) is 2.37. The van der Waals surface area contributed by atoms with E-state index < -0.39 is 0 Å². The number of amides is 1. The minimum Gasteiger partial charge on any atom is -0.476 e. The molecule has 0 radical (unpaired) electrons. The quantitative estimate of drug-likeness (QED) is 0.838. The largest absolute Gasteiger partial charge is 0.476 e. The topological polar surface area (TPSA) is 77.2 Å². The fourth-order valence-corrected chi connectivity index (χ4v) is 1.99. The van der Waals surface area contributed by atoms with Gasteiger partial charge in [-0.3, -0.25) is 4.79 Å². The van der Waals surface area contributed by atoms with Gasteiger partial charge in [0, 0.05) is 12.7 Å². The van der Waals surface area contributed by atoms with Gasteiger partial charge in [0.15, 0.2) is 0 Å². The molecule has 1 unspecified atom stereocenters. The fourth-order valence-electron chi connectivity index (χ4n) is 1.99. The number of nitrogens with zero attached hydrogens (tertiary/aromatic N) is 1. The Morgan fingerprint density at radius 1 is 1.50 bits per heavy atom. The van der Waals surface area contributed by atoms with Crippen molar-refractivity contribution in [2.75, 3.05) is 18.5 Å². The van der Waals surface area contributed by atoms with E-state index in [1.807, 2.05) is 6.92 Å². The number of hydrogen-bond donors (Lipinski definition) is 2. The number of hydrogen-bond acceptors (Lipinski definition) is 4. The number of nitrogens with one attached hydrogen (secondary N) is 1. The molecule has 0 aliphatic carbocycles. The van der Waals surface area contributed by atoms with Crippen molar-refractivity contribution in [2.24, 2.45) is 17.1 Å². The van der Waals surface area contributed by atoms with Gasteiger partial charge in [-0.15, -0.1) is 0 Å². The molecule has 5 nitrogen and oxygen atoms in total. The van der Waals surface area contributed by atoms with E-state index in [9.17, 15) is 4.79 Å². The second-order valence-electron chi connectivity index (χ2n) is 5.98. The average Bonchev–Trinajstić information content (AvgIpc) is 2.37. The molecule has 1 rings (SSSR count). The van der Waals surface area contributed by atoms with Gasteiger partial charge in [0.25, 0.3) is 0 Å². The lowest BCUT2D eigenvalue weighted by Gasteiger charge is -2.24. The first kappa shape index (κ1) is 16.4. The van der Waals surface area contributed by atoms with Crippen molar-refractivity contribution in [1.29, 1.82) is 0 Å². The smallest absolute Gasteiger partial charge is 0.237 e.